The van der Waals surface area contributed by atoms with Crippen molar-refractivity contribution in [2.45, 2.75) is 101 Å². The average molecular weight is 851 g/mol. The van der Waals surface area contributed by atoms with Gasteiger partial charge < -0.3 is 0 Å². The Morgan fingerprint density at radius 3 is 1.48 bits per heavy atom. The molecule has 0 aromatic heterocycles. The molecule has 9 rings (SSSR count). The molecule has 2 atom stereocenters. The van der Waals surface area contributed by atoms with E-state index in [1.165, 1.54) is 111 Å². The van der Waals surface area contributed by atoms with Gasteiger partial charge in [0.15, 0.2) is 0 Å². The molecule has 0 saturated heterocycles. The number of fused-ring (bicyclic) bond motifs is 5. The summed E-state index contributed by atoms with van der Waals surface area (Å²) in [5, 5.41) is 3.40. The molecule has 0 spiro atoms. The zero-order chi connectivity index (χ0) is 40.2. The van der Waals surface area contributed by atoms with E-state index in [0.29, 0.717) is 7.25 Å². The summed E-state index contributed by atoms with van der Waals surface area (Å²) in [6.07, 6.45) is 12.7. The number of benzene rings is 6. The molecule has 0 fully saturated rings. The standard InChI is InChI=1S/2C22H25.C12H9Si.Zr/c2*1-5-6-8-18-13-19-9-7-10-21(22(19)14-18)20-12-11-15(2)16(3)17(20)4;1-3-7-11-9(5-1)10-6-2-4-8-12(10)13-11;/h2*7,9-14H,5-6,8H2,1-4H3;1-7H,13H2;. The molecule has 1 heterocycles. The first-order chi connectivity index (χ1) is 28.2. The Kier molecular flexibility index (Phi) is 11.0. The summed E-state index contributed by atoms with van der Waals surface area (Å²) < 4.78 is 2.80. The van der Waals surface area contributed by atoms with Crippen LogP contribution in [-0.2, 0) is 21.8 Å². The molecule has 2 heteroatoms. The van der Waals surface area contributed by atoms with Crippen molar-refractivity contribution >= 4 is 35.3 Å². The van der Waals surface area contributed by atoms with E-state index >= 15 is 0 Å². The molecule has 0 amide bonds. The van der Waals surface area contributed by atoms with Gasteiger partial charge in [0, 0.05) is 0 Å². The Bertz CT molecular complexity index is 2520. The van der Waals surface area contributed by atoms with Gasteiger partial charge in [0.25, 0.3) is 0 Å². The third-order valence-corrected chi connectivity index (χ3v) is 26.5. The fraction of sp³-hybridized carbons (Fsp3) is 0.286. The number of hydrogen-bond acceptors (Lipinski definition) is 0. The van der Waals surface area contributed by atoms with Gasteiger partial charge in [-0.15, -0.1) is 0 Å². The SMILES string of the molecule is CCCCC1=Cc2c(-c3ccc(C)c(C)c3C)cccc2[CH]1[Zr]([c]1cccc2c1[SiH2]c1ccccc1-2)[CH]1C(CCCC)=Cc2c(-c3ccc(C)c(C)c3C)cccc21. The minimum atomic E-state index is -2.87. The van der Waals surface area contributed by atoms with Gasteiger partial charge in [0.2, 0.25) is 0 Å². The number of hydrogen-bond donors (Lipinski definition) is 0. The Morgan fingerprint density at radius 1 is 0.466 bits per heavy atom. The third kappa shape index (κ3) is 6.58. The zero-order valence-electron chi connectivity index (χ0n) is 36.1. The number of unbranched alkanes of at least 4 members (excludes halogenated alkanes) is 2. The third-order valence-electron chi connectivity index (χ3n) is 14.4. The van der Waals surface area contributed by atoms with Crippen molar-refractivity contribution in [3.8, 4) is 33.4 Å². The molecule has 6 aromatic carbocycles. The molecule has 6 aromatic rings. The van der Waals surface area contributed by atoms with Crippen LogP contribution >= 0.6 is 0 Å². The van der Waals surface area contributed by atoms with Gasteiger partial charge in [-0.25, -0.2) is 0 Å². The van der Waals surface area contributed by atoms with E-state index in [-0.39, 0.29) is 0 Å². The fourth-order valence-corrected chi connectivity index (χ4v) is 24.7. The van der Waals surface area contributed by atoms with Crippen LogP contribution in [0.1, 0.15) is 115 Å². The van der Waals surface area contributed by atoms with Gasteiger partial charge in [-0.3, -0.25) is 0 Å². The Hall–Kier alpha value is -4.10. The van der Waals surface area contributed by atoms with Crippen molar-refractivity contribution < 1.29 is 21.8 Å². The molecule has 0 saturated carbocycles. The average Bonchev–Trinajstić information content (AvgIpc) is 3.93. The number of allylic oxidation sites excluding steroid dienone is 2. The molecular formula is C56H59SiZr. The number of rotatable bonds is 11. The zero-order valence-corrected chi connectivity index (χ0v) is 39.9. The minimum absolute atomic E-state index is 0.493. The van der Waals surface area contributed by atoms with Crippen LogP contribution in [0.25, 0.3) is 45.5 Å². The summed E-state index contributed by atoms with van der Waals surface area (Å²) in [5.41, 5.74) is 26.9. The Balaban J connectivity index is 1.31. The van der Waals surface area contributed by atoms with Gasteiger partial charge in [-0.05, 0) is 0 Å². The van der Waals surface area contributed by atoms with E-state index in [4.69, 9.17) is 0 Å². The molecule has 2 unspecified atom stereocenters. The fourth-order valence-electron chi connectivity index (χ4n) is 10.7. The normalized spacial score (nSPS) is 16.6. The summed E-state index contributed by atoms with van der Waals surface area (Å²) in [6, 6.07) is 41.3. The van der Waals surface area contributed by atoms with E-state index in [2.05, 4.69) is 171 Å². The molecule has 291 valence electrons. The Morgan fingerprint density at radius 2 is 0.948 bits per heavy atom. The second kappa shape index (κ2) is 16.2. The van der Waals surface area contributed by atoms with Crippen LogP contribution in [0.15, 0.2) is 114 Å². The van der Waals surface area contributed by atoms with Gasteiger partial charge in [-0.1, -0.05) is 0 Å². The summed E-state index contributed by atoms with van der Waals surface area (Å²) in [7, 11) is -0.619. The second-order valence-electron chi connectivity index (χ2n) is 17.6. The van der Waals surface area contributed by atoms with Crippen LogP contribution in [-0.4, -0.2) is 9.52 Å². The molecule has 3 aliphatic rings. The molecule has 0 radical (unpaired) electrons. The first-order valence-electron chi connectivity index (χ1n) is 22.1. The van der Waals surface area contributed by atoms with Crippen molar-refractivity contribution in [1.29, 1.82) is 0 Å². The molecule has 0 N–H and O–H groups in total. The van der Waals surface area contributed by atoms with Crippen LogP contribution in [0.2, 0.25) is 0 Å². The molecule has 0 nitrogen and oxygen atoms in total. The van der Waals surface area contributed by atoms with Crippen LogP contribution < -0.4 is 13.6 Å². The quantitative estimate of drug-likeness (QED) is 0.114. The molecule has 0 bridgehead atoms. The van der Waals surface area contributed by atoms with Crippen LogP contribution in [0.3, 0.4) is 0 Å². The number of aryl methyl sites for hydroxylation is 2. The van der Waals surface area contributed by atoms with Crippen LogP contribution in [0.4, 0.5) is 0 Å². The van der Waals surface area contributed by atoms with Gasteiger partial charge in [0.05, 0.1) is 0 Å². The summed E-state index contributed by atoms with van der Waals surface area (Å²) in [4.78, 5) is 0. The predicted molar refractivity (Wildman–Crippen MR) is 252 cm³/mol. The van der Waals surface area contributed by atoms with Crippen molar-refractivity contribution in [2.75, 3.05) is 0 Å². The molecular weight excluding hydrogens is 792 g/mol. The van der Waals surface area contributed by atoms with Crippen LogP contribution in [0.5, 0.6) is 0 Å². The first-order valence-corrected chi connectivity index (χ1v) is 27.6. The molecule has 1 aliphatic heterocycles. The van der Waals surface area contributed by atoms with Crippen molar-refractivity contribution in [2.24, 2.45) is 0 Å². The van der Waals surface area contributed by atoms with E-state index in [0.717, 1.165) is 0 Å². The summed E-state index contributed by atoms with van der Waals surface area (Å²) in [5.74, 6) is 0. The second-order valence-corrected chi connectivity index (χ2v) is 25.8. The van der Waals surface area contributed by atoms with Gasteiger partial charge in [0.1, 0.15) is 0 Å². The molecule has 2 aliphatic carbocycles. The summed E-state index contributed by atoms with van der Waals surface area (Å²) in [6.45, 7) is 18.6. The first kappa shape index (κ1) is 39.4. The van der Waals surface area contributed by atoms with E-state index in [1.807, 2.05) is 3.27 Å². The predicted octanol–water partition coefficient (Wildman–Crippen LogP) is 12.9. The maximum atomic E-state index is 2.72. The Labute approximate surface area is 359 Å². The summed E-state index contributed by atoms with van der Waals surface area (Å²) >= 11 is -2.87. The van der Waals surface area contributed by atoms with Gasteiger partial charge >= 0.3 is 362 Å². The van der Waals surface area contributed by atoms with Crippen LogP contribution in [0, 0.1) is 41.5 Å². The maximum absolute atomic E-state index is 2.87. The van der Waals surface area contributed by atoms with Crippen molar-refractivity contribution in [3.63, 3.8) is 0 Å². The van der Waals surface area contributed by atoms with Crippen molar-refractivity contribution in [3.05, 3.63) is 170 Å². The van der Waals surface area contributed by atoms with E-state index in [1.54, 1.807) is 38.2 Å². The van der Waals surface area contributed by atoms with Crippen molar-refractivity contribution in [1.82, 2.24) is 0 Å². The van der Waals surface area contributed by atoms with E-state index < -0.39 is 31.3 Å². The molecule has 58 heavy (non-hydrogen) atoms. The topological polar surface area (TPSA) is 0 Å². The monoisotopic (exact) mass is 849 g/mol. The van der Waals surface area contributed by atoms with Gasteiger partial charge in [-0.2, -0.15) is 0 Å². The van der Waals surface area contributed by atoms with E-state index in [9.17, 15) is 0 Å².